The summed E-state index contributed by atoms with van der Waals surface area (Å²) >= 11 is 0. The Kier molecular flexibility index (Phi) is 4.06. The SMILES string of the molecule is CN(C(=O)CCNC1CC1)C1CCCc2ccccc21. The van der Waals surface area contributed by atoms with Gasteiger partial charge in [0.2, 0.25) is 5.91 Å². The Hall–Kier alpha value is -1.35. The molecule has 0 aliphatic heterocycles. The van der Waals surface area contributed by atoms with Crippen LogP contribution in [0.2, 0.25) is 0 Å². The molecule has 2 aliphatic carbocycles. The van der Waals surface area contributed by atoms with Crippen molar-refractivity contribution in [3.63, 3.8) is 0 Å². The van der Waals surface area contributed by atoms with E-state index in [1.807, 2.05) is 11.9 Å². The highest BCUT2D eigenvalue weighted by Gasteiger charge is 2.26. The van der Waals surface area contributed by atoms with Gasteiger partial charge in [-0.15, -0.1) is 0 Å². The van der Waals surface area contributed by atoms with Gasteiger partial charge in [-0.25, -0.2) is 0 Å². The summed E-state index contributed by atoms with van der Waals surface area (Å²) in [5.74, 6) is 0.264. The molecule has 3 nitrogen and oxygen atoms in total. The first-order valence-corrected chi connectivity index (χ1v) is 7.82. The fraction of sp³-hybridized carbons (Fsp3) is 0.588. The molecule has 1 amide bonds. The zero-order chi connectivity index (χ0) is 13.9. The Morgan fingerprint density at radius 3 is 2.90 bits per heavy atom. The molecule has 1 N–H and O–H groups in total. The lowest BCUT2D eigenvalue weighted by atomic mass is 9.87. The summed E-state index contributed by atoms with van der Waals surface area (Å²) in [5, 5.41) is 3.42. The smallest absolute Gasteiger partial charge is 0.224 e. The lowest BCUT2D eigenvalue weighted by Crippen LogP contribution is -2.35. The zero-order valence-electron chi connectivity index (χ0n) is 12.3. The molecule has 0 saturated heterocycles. The van der Waals surface area contributed by atoms with Crippen LogP contribution < -0.4 is 5.32 Å². The molecule has 0 heterocycles. The van der Waals surface area contributed by atoms with Gasteiger partial charge in [0, 0.05) is 26.1 Å². The molecule has 2 aliphatic rings. The van der Waals surface area contributed by atoms with Gasteiger partial charge < -0.3 is 10.2 Å². The van der Waals surface area contributed by atoms with Gasteiger partial charge in [0.1, 0.15) is 0 Å². The van der Waals surface area contributed by atoms with Gasteiger partial charge in [0.15, 0.2) is 0 Å². The number of fused-ring (bicyclic) bond motifs is 1. The molecule has 1 saturated carbocycles. The second kappa shape index (κ2) is 5.96. The molecular formula is C17H24N2O. The maximum Gasteiger partial charge on any atom is 0.224 e. The minimum absolute atomic E-state index is 0.264. The number of aryl methyl sites for hydroxylation is 1. The van der Waals surface area contributed by atoms with Crippen LogP contribution in [0, 0.1) is 0 Å². The number of hydrogen-bond acceptors (Lipinski definition) is 2. The van der Waals surface area contributed by atoms with E-state index in [9.17, 15) is 4.79 Å². The minimum Gasteiger partial charge on any atom is -0.339 e. The monoisotopic (exact) mass is 272 g/mol. The van der Waals surface area contributed by atoms with Crippen molar-refractivity contribution >= 4 is 5.91 Å². The molecule has 1 atom stereocenters. The number of carbonyl (C=O) groups excluding carboxylic acids is 1. The van der Waals surface area contributed by atoms with Crippen LogP contribution in [0.5, 0.6) is 0 Å². The molecule has 1 unspecified atom stereocenters. The van der Waals surface area contributed by atoms with Crippen LogP contribution in [-0.2, 0) is 11.2 Å². The summed E-state index contributed by atoms with van der Waals surface area (Å²) in [6.45, 7) is 0.822. The molecule has 0 radical (unpaired) electrons. The van der Waals surface area contributed by atoms with E-state index in [-0.39, 0.29) is 11.9 Å². The van der Waals surface area contributed by atoms with Crippen molar-refractivity contribution in [2.45, 2.75) is 50.6 Å². The average molecular weight is 272 g/mol. The van der Waals surface area contributed by atoms with Crippen molar-refractivity contribution in [1.82, 2.24) is 10.2 Å². The van der Waals surface area contributed by atoms with Gasteiger partial charge in [-0.1, -0.05) is 24.3 Å². The van der Waals surface area contributed by atoms with E-state index < -0.39 is 0 Å². The Labute approximate surface area is 121 Å². The van der Waals surface area contributed by atoms with E-state index in [1.165, 1.54) is 30.4 Å². The molecular weight excluding hydrogens is 248 g/mol. The fourth-order valence-corrected chi connectivity index (χ4v) is 3.15. The van der Waals surface area contributed by atoms with Crippen LogP contribution in [0.15, 0.2) is 24.3 Å². The molecule has 0 spiro atoms. The zero-order valence-corrected chi connectivity index (χ0v) is 12.3. The molecule has 1 aromatic carbocycles. The van der Waals surface area contributed by atoms with Crippen molar-refractivity contribution in [3.05, 3.63) is 35.4 Å². The highest BCUT2D eigenvalue weighted by Crippen LogP contribution is 2.33. The molecule has 1 aromatic rings. The van der Waals surface area contributed by atoms with Gasteiger partial charge in [0.25, 0.3) is 0 Å². The maximum absolute atomic E-state index is 12.3. The Balaban J connectivity index is 1.61. The number of amides is 1. The Bertz CT molecular complexity index is 482. The minimum atomic E-state index is 0.264. The molecule has 108 valence electrons. The average Bonchev–Trinajstić information content (AvgIpc) is 3.30. The van der Waals surface area contributed by atoms with Crippen molar-refractivity contribution < 1.29 is 4.79 Å². The van der Waals surface area contributed by atoms with Gasteiger partial charge in [-0.3, -0.25) is 4.79 Å². The van der Waals surface area contributed by atoms with Crippen molar-refractivity contribution in [2.75, 3.05) is 13.6 Å². The number of hydrogen-bond donors (Lipinski definition) is 1. The van der Waals surface area contributed by atoms with Gasteiger partial charge in [-0.05, 0) is 43.2 Å². The van der Waals surface area contributed by atoms with Crippen molar-refractivity contribution in [1.29, 1.82) is 0 Å². The number of nitrogens with zero attached hydrogens (tertiary/aromatic N) is 1. The normalized spacial score (nSPS) is 21.4. The summed E-state index contributed by atoms with van der Waals surface area (Å²) in [4.78, 5) is 14.3. The van der Waals surface area contributed by atoms with E-state index in [2.05, 4.69) is 29.6 Å². The second-order valence-electron chi connectivity index (χ2n) is 6.09. The standard InChI is InChI=1S/C17H24N2O/c1-19(17(20)11-12-18-14-9-10-14)16-8-4-6-13-5-2-3-7-15(13)16/h2-3,5,7,14,16,18H,4,6,8-12H2,1H3. The quantitative estimate of drug-likeness (QED) is 0.893. The van der Waals surface area contributed by atoms with Gasteiger partial charge >= 0.3 is 0 Å². The molecule has 20 heavy (non-hydrogen) atoms. The van der Waals surface area contributed by atoms with Crippen molar-refractivity contribution in [3.8, 4) is 0 Å². The molecule has 0 aromatic heterocycles. The number of carbonyl (C=O) groups is 1. The molecule has 3 heteroatoms. The first-order valence-electron chi connectivity index (χ1n) is 7.82. The highest BCUT2D eigenvalue weighted by atomic mass is 16.2. The van der Waals surface area contributed by atoms with Crippen LogP contribution in [0.25, 0.3) is 0 Å². The lowest BCUT2D eigenvalue weighted by molar-refractivity contribution is -0.132. The molecule has 1 fully saturated rings. The predicted octanol–water partition coefficient (Wildman–Crippen LogP) is 2.66. The van der Waals surface area contributed by atoms with E-state index in [1.54, 1.807) is 0 Å². The summed E-state index contributed by atoms with van der Waals surface area (Å²) in [7, 11) is 1.96. The number of rotatable bonds is 5. The van der Waals surface area contributed by atoms with Crippen LogP contribution in [0.4, 0.5) is 0 Å². The first-order chi connectivity index (χ1) is 9.75. The Morgan fingerprint density at radius 2 is 2.10 bits per heavy atom. The first kappa shape index (κ1) is 13.6. The van der Waals surface area contributed by atoms with Crippen LogP contribution in [-0.4, -0.2) is 30.4 Å². The van der Waals surface area contributed by atoms with E-state index >= 15 is 0 Å². The largest absolute Gasteiger partial charge is 0.339 e. The summed E-state index contributed by atoms with van der Waals surface area (Å²) in [5.41, 5.74) is 2.77. The molecule has 0 bridgehead atoms. The van der Waals surface area contributed by atoms with Crippen LogP contribution in [0.3, 0.4) is 0 Å². The summed E-state index contributed by atoms with van der Waals surface area (Å²) in [6.07, 6.45) is 6.60. The van der Waals surface area contributed by atoms with Crippen molar-refractivity contribution in [2.24, 2.45) is 0 Å². The topological polar surface area (TPSA) is 32.3 Å². The summed E-state index contributed by atoms with van der Waals surface area (Å²) in [6, 6.07) is 9.53. The third-order valence-electron chi connectivity index (χ3n) is 4.55. The van der Waals surface area contributed by atoms with Gasteiger partial charge in [0.05, 0.1) is 6.04 Å². The lowest BCUT2D eigenvalue weighted by Gasteiger charge is -2.33. The van der Waals surface area contributed by atoms with E-state index in [0.29, 0.717) is 12.5 Å². The predicted molar refractivity (Wildman–Crippen MR) is 80.5 cm³/mol. The van der Waals surface area contributed by atoms with Crippen LogP contribution in [0.1, 0.15) is 49.3 Å². The van der Waals surface area contributed by atoms with Crippen LogP contribution >= 0.6 is 0 Å². The summed E-state index contributed by atoms with van der Waals surface area (Å²) < 4.78 is 0. The third-order valence-corrected chi connectivity index (χ3v) is 4.55. The molecule has 3 rings (SSSR count). The Morgan fingerprint density at radius 1 is 1.30 bits per heavy atom. The highest BCUT2D eigenvalue weighted by molar-refractivity contribution is 5.76. The third kappa shape index (κ3) is 3.04. The number of nitrogens with one attached hydrogen (secondary N) is 1. The maximum atomic E-state index is 12.3. The fourth-order valence-electron chi connectivity index (χ4n) is 3.15. The van der Waals surface area contributed by atoms with E-state index in [4.69, 9.17) is 0 Å². The number of benzene rings is 1. The van der Waals surface area contributed by atoms with E-state index in [0.717, 1.165) is 19.4 Å². The van der Waals surface area contributed by atoms with Gasteiger partial charge in [-0.2, -0.15) is 0 Å². The second-order valence-corrected chi connectivity index (χ2v) is 6.09.